The molecule has 2 rings (SSSR count). The average Bonchev–Trinajstić information content (AvgIpc) is 2.51. The molecule has 0 saturated heterocycles. The van der Waals surface area contributed by atoms with E-state index in [0.717, 1.165) is 11.3 Å². The Morgan fingerprint density at radius 1 is 1.41 bits per heavy atom. The zero-order valence-electron chi connectivity index (χ0n) is 10.4. The number of thioether (sulfide) groups is 1. The van der Waals surface area contributed by atoms with Gasteiger partial charge in [0.2, 0.25) is 5.56 Å². The number of carbonyl (C=O) groups is 1. The molecule has 1 atom stereocenters. The average molecular weight is 252 g/mol. The van der Waals surface area contributed by atoms with Gasteiger partial charge in [0.05, 0.1) is 5.56 Å². The second kappa shape index (κ2) is 4.22. The third-order valence-electron chi connectivity index (χ3n) is 3.06. The van der Waals surface area contributed by atoms with Crippen molar-refractivity contribution in [2.45, 2.75) is 25.1 Å². The molecule has 5 heteroatoms. The minimum absolute atomic E-state index is 0.00625. The van der Waals surface area contributed by atoms with Gasteiger partial charge in [-0.2, -0.15) is 0 Å². The zero-order chi connectivity index (χ0) is 12.7. The van der Waals surface area contributed by atoms with Crippen LogP contribution in [0.4, 0.5) is 0 Å². The molecule has 4 nitrogen and oxygen atoms in total. The first-order valence-electron chi connectivity index (χ1n) is 5.54. The van der Waals surface area contributed by atoms with Crippen LogP contribution < -0.4 is 5.56 Å². The standard InChI is InChI=1S/C12H16N2O2S/c1-6(2)10-9-7(5-8(15)13-10)11(16)14(3)12(9)17-4/h5-6,12H,1-4H3,(H,13,15). The largest absolute Gasteiger partial charge is 0.326 e. The third kappa shape index (κ3) is 1.78. The number of rotatable bonds is 2. The summed E-state index contributed by atoms with van der Waals surface area (Å²) in [7, 11) is 1.78. The Kier molecular flexibility index (Phi) is 3.03. The molecule has 0 aromatic carbocycles. The van der Waals surface area contributed by atoms with Crippen molar-refractivity contribution in [3.8, 4) is 0 Å². The molecule has 92 valence electrons. The predicted octanol–water partition coefficient (Wildman–Crippen LogP) is 1.95. The Hall–Kier alpha value is -1.23. The quantitative estimate of drug-likeness (QED) is 0.875. The molecule has 1 aromatic rings. The molecule has 1 amide bonds. The van der Waals surface area contributed by atoms with Crippen molar-refractivity contribution in [1.29, 1.82) is 0 Å². The molecular formula is C12H16N2O2S. The van der Waals surface area contributed by atoms with Crippen LogP contribution in [0.15, 0.2) is 10.9 Å². The molecule has 1 unspecified atom stereocenters. The highest BCUT2D eigenvalue weighted by atomic mass is 32.2. The first-order chi connectivity index (χ1) is 7.97. The van der Waals surface area contributed by atoms with Crippen LogP contribution in [-0.2, 0) is 0 Å². The lowest BCUT2D eigenvalue weighted by molar-refractivity contribution is 0.0812. The van der Waals surface area contributed by atoms with E-state index in [4.69, 9.17) is 0 Å². The van der Waals surface area contributed by atoms with Gasteiger partial charge in [0.1, 0.15) is 5.37 Å². The SMILES string of the molecule is CSC1c2c(cc(=O)[nH]c2C(C)C)C(=O)N1C. The lowest BCUT2D eigenvalue weighted by atomic mass is 10.0. The van der Waals surface area contributed by atoms with Crippen molar-refractivity contribution in [2.75, 3.05) is 13.3 Å². The van der Waals surface area contributed by atoms with Crippen LogP contribution in [0.1, 0.15) is 46.8 Å². The van der Waals surface area contributed by atoms with Gasteiger partial charge in [0, 0.05) is 24.4 Å². The first kappa shape index (κ1) is 12.2. The van der Waals surface area contributed by atoms with E-state index in [1.165, 1.54) is 6.07 Å². The second-order valence-corrected chi connectivity index (χ2v) is 5.45. The maximum atomic E-state index is 12.1. The summed E-state index contributed by atoms with van der Waals surface area (Å²) in [6.45, 7) is 4.04. The molecule has 0 aliphatic carbocycles. The van der Waals surface area contributed by atoms with Gasteiger partial charge in [-0.3, -0.25) is 9.59 Å². The van der Waals surface area contributed by atoms with Crippen LogP contribution in [0.2, 0.25) is 0 Å². The number of nitrogens with zero attached hydrogens (tertiary/aromatic N) is 1. The highest BCUT2D eigenvalue weighted by Gasteiger charge is 2.36. The van der Waals surface area contributed by atoms with Crippen LogP contribution in [0.25, 0.3) is 0 Å². The monoisotopic (exact) mass is 252 g/mol. The number of fused-ring (bicyclic) bond motifs is 1. The fourth-order valence-corrected chi connectivity index (χ4v) is 3.16. The lowest BCUT2D eigenvalue weighted by Gasteiger charge is -2.20. The Morgan fingerprint density at radius 2 is 2.06 bits per heavy atom. The molecule has 0 saturated carbocycles. The summed E-state index contributed by atoms with van der Waals surface area (Å²) < 4.78 is 0. The molecule has 0 spiro atoms. The Balaban J connectivity index is 2.73. The van der Waals surface area contributed by atoms with Crippen LogP contribution in [0.5, 0.6) is 0 Å². The molecule has 1 aliphatic heterocycles. The lowest BCUT2D eigenvalue weighted by Crippen LogP contribution is -2.21. The molecular weight excluding hydrogens is 236 g/mol. The maximum absolute atomic E-state index is 12.1. The van der Waals surface area contributed by atoms with Crippen LogP contribution in [0.3, 0.4) is 0 Å². The Morgan fingerprint density at radius 3 is 2.59 bits per heavy atom. The van der Waals surface area contributed by atoms with Gasteiger partial charge in [-0.15, -0.1) is 11.8 Å². The van der Waals surface area contributed by atoms with Crippen molar-refractivity contribution in [3.63, 3.8) is 0 Å². The summed E-state index contributed by atoms with van der Waals surface area (Å²) in [5, 5.41) is 0.00625. The highest BCUT2D eigenvalue weighted by molar-refractivity contribution is 7.98. The Labute approximate surface area is 104 Å². The zero-order valence-corrected chi connectivity index (χ0v) is 11.2. The van der Waals surface area contributed by atoms with E-state index < -0.39 is 0 Å². The minimum Gasteiger partial charge on any atom is -0.326 e. The van der Waals surface area contributed by atoms with Gasteiger partial charge in [-0.05, 0) is 12.2 Å². The molecule has 2 heterocycles. The van der Waals surface area contributed by atoms with Crippen molar-refractivity contribution in [1.82, 2.24) is 9.88 Å². The summed E-state index contributed by atoms with van der Waals surface area (Å²) in [6.07, 6.45) is 1.97. The van der Waals surface area contributed by atoms with Crippen molar-refractivity contribution in [2.24, 2.45) is 0 Å². The van der Waals surface area contributed by atoms with E-state index in [9.17, 15) is 9.59 Å². The summed E-state index contributed by atoms with van der Waals surface area (Å²) in [4.78, 5) is 28.2. The third-order valence-corrected chi connectivity index (χ3v) is 4.06. The number of aromatic nitrogens is 1. The van der Waals surface area contributed by atoms with Crippen molar-refractivity contribution in [3.05, 3.63) is 33.2 Å². The fraction of sp³-hybridized carbons (Fsp3) is 0.500. The van der Waals surface area contributed by atoms with Gasteiger partial charge >= 0.3 is 0 Å². The van der Waals surface area contributed by atoms with Crippen LogP contribution >= 0.6 is 11.8 Å². The minimum atomic E-state index is -0.198. The predicted molar refractivity (Wildman–Crippen MR) is 69.5 cm³/mol. The smallest absolute Gasteiger partial charge is 0.255 e. The van der Waals surface area contributed by atoms with Crippen LogP contribution in [-0.4, -0.2) is 29.1 Å². The molecule has 0 radical (unpaired) electrons. The number of hydrogen-bond acceptors (Lipinski definition) is 3. The number of aromatic amines is 1. The Bertz CT molecular complexity index is 522. The van der Waals surface area contributed by atoms with Gasteiger partial charge in [0.15, 0.2) is 0 Å². The van der Waals surface area contributed by atoms with Gasteiger partial charge in [0.25, 0.3) is 5.91 Å². The number of carbonyl (C=O) groups excluding carboxylic acids is 1. The fourth-order valence-electron chi connectivity index (χ4n) is 2.25. The molecule has 1 aliphatic rings. The molecule has 0 bridgehead atoms. The van der Waals surface area contributed by atoms with Gasteiger partial charge in [-0.1, -0.05) is 13.8 Å². The first-order valence-corrected chi connectivity index (χ1v) is 6.83. The second-order valence-electron chi connectivity index (χ2n) is 4.53. The number of hydrogen-bond donors (Lipinski definition) is 1. The summed E-state index contributed by atoms with van der Waals surface area (Å²) in [6, 6.07) is 1.41. The molecule has 1 aromatic heterocycles. The number of pyridine rings is 1. The molecule has 0 fully saturated rings. The summed E-state index contributed by atoms with van der Waals surface area (Å²) in [5.74, 6) is 0.138. The normalized spacial score (nSPS) is 19.0. The summed E-state index contributed by atoms with van der Waals surface area (Å²) in [5.41, 5.74) is 2.21. The van der Waals surface area contributed by atoms with Gasteiger partial charge in [-0.25, -0.2) is 0 Å². The van der Waals surface area contributed by atoms with E-state index in [0.29, 0.717) is 5.56 Å². The molecule has 17 heavy (non-hydrogen) atoms. The number of H-pyrrole nitrogens is 1. The summed E-state index contributed by atoms with van der Waals surface area (Å²) >= 11 is 1.61. The van der Waals surface area contributed by atoms with Crippen LogP contribution in [0, 0.1) is 0 Å². The maximum Gasteiger partial charge on any atom is 0.255 e. The van der Waals surface area contributed by atoms with E-state index in [2.05, 4.69) is 4.98 Å². The van der Waals surface area contributed by atoms with E-state index in [-0.39, 0.29) is 22.8 Å². The van der Waals surface area contributed by atoms with Crippen molar-refractivity contribution < 1.29 is 4.79 Å². The van der Waals surface area contributed by atoms with E-state index in [1.54, 1.807) is 23.7 Å². The van der Waals surface area contributed by atoms with Gasteiger partial charge < -0.3 is 9.88 Å². The van der Waals surface area contributed by atoms with E-state index in [1.807, 2.05) is 20.1 Å². The van der Waals surface area contributed by atoms with E-state index >= 15 is 0 Å². The number of amides is 1. The topological polar surface area (TPSA) is 53.2 Å². The van der Waals surface area contributed by atoms with Crippen molar-refractivity contribution >= 4 is 17.7 Å². The highest BCUT2D eigenvalue weighted by Crippen LogP contribution is 2.41. The number of nitrogens with one attached hydrogen (secondary N) is 1. The molecule has 1 N–H and O–H groups in total.